The molecule has 1 heterocycles. The Hall–Kier alpha value is -2.86. The number of azo groups is 1. The molecule has 0 bridgehead atoms. The van der Waals surface area contributed by atoms with E-state index in [0.29, 0.717) is 12.0 Å². The van der Waals surface area contributed by atoms with E-state index in [2.05, 4.69) is 24.7 Å². The predicted molar refractivity (Wildman–Crippen MR) is 107 cm³/mol. The van der Waals surface area contributed by atoms with Crippen LogP contribution < -0.4 is 5.26 Å². The molecule has 187 valence electrons. The molecule has 1 radical (unpaired) electrons. The van der Waals surface area contributed by atoms with Gasteiger partial charge < -0.3 is 25.5 Å². The van der Waals surface area contributed by atoms with E-state index in [1.54, 1.807) is 0 Å². The van der Waals surface area contributed by atoms with Crippen LogP contribution in [0.2, 0.25) is 0 Å². The van der Waals surface area contributed by atoms with Gasteiger partial charge in [-0.25, -0.2) is 13.2 Å². The number of benzene rings is 2. The molecule has 34 heavy (non-hydrogen) atoms. The fourth-order valence-electron chi connectivity index (χ4n) is 2.54. The third-order valence-corrected chi connectivity index (χ3v) is 5.41. The molecular weight excluding hydrogens is 548 g/mol. The summed E-state index contributed by atoms with van der Waals surface area (Å²) in [5.41, 5.74) is 0.0986. The van der Waals surface area contributed by atoms with Crippen molar-refractivity contribution in [2.24, 2.45) is 10.2 Å². The van der Waals surface area contributed by atoms with Gasteiger partial charge in [0.1, 0.15) is 15.8 Å². The molecule has 0 amide bonds. The third-order valence-electron chi connectivity index (χ3n) is 3.99. The molecule has 17 heteroatoms. The Morgan fingerprint density at radius 2 is 1.82 bits per heavy atom. The molecule has 2 aromatic carbocycles. The molecule has 14 nitrogen and oxygen atoms in total. The number of aromatic hydroxyl groups is 1. The van der Waals surface area contributed by atoms with Gasteiger partial charge in [0.05, 0.1) is 33.9 Å². The quantitative estimate of drug-likeness (QED) is 0.0993. The summed E-state index contributed by atoms with van der Waals surface area (Å²) in [7, 11) is -4.63. The maximum Gasteiger partial charge on any atom is 0.338 e. The van der Waals surface area contributed by atoms with Crippen LogP contribution in [-0.4, -0.2) is 44.4 Å². The Labute approximate surface area is 206 Å². The number of hydrogen-bond acceptors (Lipinski definition) is 12. The van der Waals surface area contributed by atoms with Gasteiger partial charge >= 0.3 is 5.97 Å². The fraction of sp³-hybridized carbons (Fsp3) is 0.0588. The van der Waals surface area contributed by atoms with E-state index in [1.165, 1.54) is 37.3 Å². The number of carboxylic acids is 1. The number of aryl methyl sites for hydroxylation is 1. The van der Waals surface area contributed by atoms with Gasteiger partial charge in [-0.3, -0.25) is 5.04 Å². The normalized spacial score (nSPS) is 11.1. The Morgan fingerprint density at radius 3 is 2.38 bits per heavy atom. The molecule has 4 N–H and O–H groups in total. The van der Waals surface area contributed by atoms with Crippen molar-refractivity contribution in [2.45, 2.75) is 16.7 Å². The summed E-state index contributed by atoms with van der Waals surface area (Å²) >= 11 is 0.503. The van der Waals surface area contributed by atoms with Gasteiger partial charge in [0.2, 0.25) is 5.88 Å². The van der Waals surface area contributed by atoms with Gasteiger partial charge in [-0.1, -0.05) is 0 Å². The van der Waals surface area contributed by atoms with Crippen LogP contribution in [0.15, 0.2) is 62.5 Å². The van der Waals surface area contributed by atoms with Crippen molar-refractivity contribution in [1.82, 2.24) is 9.78 Å². The molecule has 0 saturated carbocycles. The maximum atomic E-state index is 11.5. The largest absolute Gasteiger partial charge is 0.744 e. The van der Waals surface area contributed by atoms with Crippen molar-refractivity contribution in [3.63, 3.8) is 0 Å². The summed E-state index contributed by atoms with van der Waals surface area (Å²) in [5, 5.41) is 44.8. The van der Waals surface area contributed by atoms with E-state index < -0.39 is 26.9 Å². The van der Waals surface area contributed by atoms with Crippen LogP contribution in [0, 0.1) is 6.92 Å². The molecule has 3 rings (SSSR count). The molecule has 0 fully saturated rings. The van der Waals surface area contributed by atoms with Gasteiger partial charge in [0, 0.05) is 22.0 Å². The van der Waals surface area contributed by atoms with Crippen LogP contribution in [0.4, 0.5) is 11.4 Å². The molecular formula is C17H14CuN4O10S2-2. The predicted octanol–water partition coefficient (Wildman–Crippen LogP) is 1.31. The molecule has 0 atom stereocenters. The van der Waals surface area contributed by atoms with E-state index >= 15 is 0 Å². The van der Waals surface area contributed by atoms with Crippen LogP contribution in [-0.2, 0) is 36.6 Å². The Kier molecular flexibility index (Phi) is 10.3. The number of hydrogen-bond donors (Lipinski definition) is 2. The van der Waals surface area contributed by atoms with Crippen LogP contribution in [0.1, 0.15) is 16.1 Å². The summed E-state index contributed by atoms with van der Waals surface area (Å²) in [6, 6.07) is 8.57. The number of carbonyl (C=O) groups is 1. The van der Waals surface area contributed by atoms with E-state index in [-0.39, 0.29) is 55.8 Å². The fourth-order valence-corrected chi connectivity index (χ4v) is 3.41. The minimum absolute atomic E-state index is 0. The molecule has 0 spiro atoms. The molecule has 3 aromatic rings. The second-order valence-electron chi connectivity index (χ2n) is 6.02. The first kappa shape index (κ1) is 29.2. The molecule has 0 saturated heterocycles. The average molecular weight is 562 g/mol. The Morgan fingerprint density at radius 1 is 1.18 bits per heavy atom. The standard InChI is InChI=1S/C17H14N4O9S2.Cu.H2O/c1-9-15(16(22)21(20-9)10-2-5-12(6-3-10)32(26,27)28)19-18-14-7-4-11(31-30-29-25)8-13(14)17(23)24;;/h2-8,22,25H,1H3,(H,23,24)(H,26,27,28);;1H2/p-2. The van der Waals surface area contributed by atoms with Crippen LogP contribution >= 0.6 is 12.0 Å². The van der Waals surface area contributed by atoms with Crippen molar-refractivity contribution in [1.29, 1.82) is 0 Å². The van der Waals surface area contributed by atoms with Gasteiger partial charge in [-0.05, 0) is 49.4 Å². The van der Waals surface area contributed by atoms with Crippen LogP contribution in [0.3, 0.4) is 0 Å². The van der Waals surface area contributed by atoms with Crippen molar-refractivity contribution in [3.8, 4) is 11.6 Å². The maximum absolute atomic E-state index is 11.5. The zero-order valence-electron chi connectivity index (χ0n) is 16.7. The summed E-state index contributed by atoms with van der Waals surface area (Å²) in [5.74, 6) is -1.77. The first-order valence-electron chi connectivity index (χ1n) is 8.39. The minimum Gasteiger partial charge on any atom is -0.744 e. The van der Waals surface area contributed by atoms with Crippen LogP contribution in [0.5, 0.6) is 5.88 Å². The number of rotatable bonds is 8. The van der Waals surface area contributed by atoms with Gasteiger partial charge in [-0.2, -0.15) is 14.1 Å². The van der Waals surface area contributed by atoms with E-state index in [4.69, 9.17) is 0 Å². The second-order valence-corrected chi connectivity index (χ2v) is 8.17. The number of aromatic carboxylic acids is 1. The van der Waals surface area contributed by atoms with E-state index in [1.807, 2.05) is 0 Å². The zero-order chi connectivity index (χ0) is 23.5. The Balaban J connectivity index is 0.00000289. The average Bonchev–Trinajstić information content (AvgIpc) is 3.03. The van der Waals surface area contributed by atoms with Crippen molar-refractivity contribution < 1.29 is 65.2 Å². The van der Waals surface area contributed by atoms with Gasteiger partial charge in [0.25, 0.3) is 0 Å². The summed E-state index contributed by atoms with van der Waals surface area (Å²) in [4.78, 5) is 11.3. The second kappa shape index (κ2) is 12.0. The molecule has 0 aliphatic rings. The zero-order valence-corrected chi connectivity index (χ0v) is 19.3. The number of nitrogens with zero attached hydrogens (tertiary/aromatic N) is 4. The number of aromatic nitrogens is 2. The summed E-state index contributed by atoms with van der Waals surface area (Å²) in [6.07, 6.45) is 0. The van der Waals surface area contributed by atoms with E-state index in [0.717, 1.165) is 16.8 Å². The monoisotopic (exact) mass is 561 g/mol. The van der Waals surface area contributed by atoms with Crippen LogP contribution in [0.25, 0.3) is 5.69 Å². The van der Waals surface area contributed by atoms with Crippen molar-refractivity contribution in [2.75, 3.05) is 0 Å². The van der Waals surface area contributed by atoms with Gasteiger partial charge in [-0.15, -0.1) is 10.2 Å². The van der Waals surface area contributed by atoms with Crippen molar-refractivity contribution in [3.05, 3.63) is 53.7 Å². The number of carboxylic acid groups (broad SMARTS) is 1. The topological polar surface area (TPSA) is 230 Å². The Bertz CT molecular complexity index is 1300. The summed E-state index contributed by atoms with van der Waals surface area (Å²) < 4.78 is 38.3. The minimum atomic E-state index is -4.63. The summed E-state index contributed by atoms with van der Waals surface area (Å²) in [6.45, 7) is 1.51. The third kappa shape index (κ3) is 6.60. The SMILES string of the molecule is Cc1nn(-c2ccc(S(=O)(=O)[O-])cc2)c(O)c1N=Nc1ccc(SOO[O-])cc1C(=O)O.O.[Cu]. The molecule has 0 unspecified atom stereocenters. The first-order chi connectivity index (χ1) is 15.1. The molecule has 0 aliphatic heterocycles. The van der Waals surface area contributed by atoms with E-state index in [9.17, 15) is 33.2 Å². The molecule has 0 aliphatic carbocycles. The molecule has 1 aromatic heterocycles. The smallest absolute Gasteiger partial charge is 0.338 e. The first-order valence-corrected chi connectivity index (χ1v) is 10.5. The van der Waals surface area contributed by atoms with Gasteiger partial charge in [0.15, 0.2) is 5.69 Å². The van der Waals surface area contributed by atoms with Crippen molar-refractivity contribution >= 4 is 39.5 Å².